The van der Waals surface area contributed by atoms with Crippen molar-refractivity contribution in [3.63, 3.8) is 0 Å². The maximum absolute atomic E-state index is 14.6. The van der Waals surface area contributed by atoms with Crippen molar-refractivity contribution in [2.75, 3.05) is 0 Å². The molecule has 8 nitrogen and oxygen atoms in total. The third-order valence-corrected chi connectivity index (χ3v) is 5.06. The van der Waals surface area contributed by atoms with E-state index < -0.39 is 29.0 Å². The molecule has 0 amide bonds. The Balaban J connectivity index is 1.88. The molecule has 0 radical (unpaired) electrons. The van der Waals surface area contributed by atoms with Gasteiger partial charge in [0.05, 0.1) is 29.3 Å². The van der Waals surface area contributed by atoms with E-state index in [0.29, 0.717) is 16.6 Å². The van der Waals surface area contributed by atoms with E-state index in [1.165, 1.54) is 41.1 Å². The number of hydrogen-bond acceptors (Lipinski definition) is 5. The minimum Gasteiger partial charge on any atom is -0.381 e. The van der Waals surface area contributed by atoms with Gasteiger partial charge in [-0.15, -0.1) is 0 Å². The highest BCUT2D eigenvalue weighted by Gasteiger charge is 2.41. The summed E-state index contributed by atoms with van der Waals surface area (Å²) in [4.78, 5) is 16.7. The summed E-state index contributed by atoms with van der Waals surface area (Å²) in [6, 6.07) is 3.33. The molecule has 0 bridgehead atoms. The lowest BCUT2D eigenvalue weighted by Crippen LogP contribution is -2.45. The fourth-order valence-electron chi connectivity index (χ4n) is 3.30. The van der Waals surface area contributed by atoms with Gasteiger partial charge in [0.25, 0.3) is 0 Å². The molecule has 1 aromatic carbocycles. The molecule has 0 unspecified atom stereocenters. The van der Waals surface area contributed by atoms with Crippen LogP contribution in [0, 0.1) is 11.6 Å². The van der Waals surface area contributed by atoms with Crippen molar-refractivity contribution in [3.8, 4) is 0 Å². The first-order valence-corrected chi connectivity index (χ1v) is 8.93. The van der Waals surface area contributed by atoms with Crippen molar-refractivity contribution in [3.05, 3.63) is 82.0 Å². The fraction of sp³-hybridized carbons (Fsp3) is 0.222. The van der Waals surface area contributed by atoms with Gasteiger partial charge in [0.2, 0.25) is 0 Å². The van der Waals surface area contributed by atoms with Crippen LogP contribution in [0.1, 0.15) is 18.5 Å². The van der Waals surface area contributed by atoms with Crippen LogP contribution in [-0.4, -0.2) is 34.1 Å². The predicted octanol–water partition coefficient (Wildman–Crippen LogP) is 2.17. The van der Waals surface area contributed by atoms with Crippen molar-refractivity contribution in [2.45, 2.75) is 25.1 Å². The Morgan fingerprint density at radius 2 is 2.07 bits per heavy atom. The third kappa shape index (κ3) is 3.30. The number of benzene rings is 1. The van der Waals surface area contributed by atoms with Crippen LogP contribution in [0.25, 0.3) is 5.52 Å². The van der Waals surface area contributed by atoms with Gasteiger partial charge >= 0.3 is 5.69 Å². The fourth-order valence-corrected chi connectivity index (χ4v) is 3.51. The zero-order valence-corrected chi connectivity index (χ0v) is 15.8. The molecule has 0 saturated heterocycles. The van der Waals surface area contributed by atoms with Gasteiger partial charge in [-0.3, -0.25) is 4.40 Å². The Hall–Kier alpha value is -3.11. The summed E-state index contributed by atoms with van der Waals surface area (Å²) in [5.41, 5.74) is -2.33. The van der Waals surface area contributed by atoms with Crippen molar-refractivity contribution < 1.29 is 13.9 Å². The molecule has 0 fully saturated rings. The molecule has 11 heteroatoms. The number of halogens is 3. The highest BCUT2D eigenvalue weighted by Crippen LogP contribution is 2.35. The third-order valence-electron chi connectivity index (χ3n) is 4.86. The Bertz CT molecular complexity index is 1240. The number of hydrogen-bond donors (Lipinski definition) is 1. The van der Waals surface area contributed by atoms with Crippen LogP contribution in [0.4, 0.5) is 8.78 Å². The second kappa shape index (κ2) is 7.05. The van der Waals surface area contributed by atoms with E-state index in [2.05, 4.69) is 15.2 Å². The second-order valence-electron chi connectivity index (χ2n) is 6.64. The largest absolute Gasteiger partial charge is 0.381 e. The quantitative estimate of drug-likeness (QED) is 0.534. The van der Waals surface area contributed by atoms with Crippen molar-refractivity contribution in [2.24, 2.45) is 0 Å². The summed E-state index contributed by atoms with van der Waals surface area (Å²) in [7, 11) is 0. The van der Waals surface area contributed by atoms with E-state index in [4.69, 9.17) is 11.6 Å². The van der Waals surface area contributed by atoms with E-state index in [9.17, 15) is 18.7 Å². The van der Waals surface area contributed by atoms with Gasteiger partial charge in [0, 0.05) is 17.8 Å². The Morgan fingerprint density at radius 3 is 2.76 bits per heavy atom. The molecular formula is C18H15ClF2N6O2. The van der Waals surface area contributed by atoms with E-state index in [0.717, 1.165) is 16.8 Å². The van der Waals surface area contributed by atoms with Crippen LogP contribution in [0.2, 0.25) is 5.02 Å². The number of nitrogens with zero attached hydrogens (tertiary/aromatic N) is 6. The zero-order valence-electron chi connectivity index (χ0n) is 15.1. The average molecular weight is 421 g/mol. The molecule has 0 spiro atoms. The topological polar surface area (TPSA) is 90.2 Å². The Labute approximate surface area is 167 Å². The number of aromatic nitrogens is 6. The summed E-state index contributed by atoms with van der Waals surface area (Å²) in [5.74, 6) is -1.75. The molecule has 0 aliphatic heterocycles. The molecule has 29 heavy (non-hydrogen) atoms. The summed E-state index contributed by atoms with van der Waals surface area (Å²) >= 11 is 5.95. The lowest BCUT2D eigenvalue weighted by Gasteiger charge is -2.34. The van der Waals surface area contributed by atoms with Gasteiger partial charge in [-0.1, -0.05) is 17.7 Å². The molecule has 3 aromatic heterocycles. The van der Waals surface area contributed by atoms with Crippen LogP contribution in [0.3, 0.4) is 0 Å². The number of aliphatic hydroxyl groups is 1. The highest BCUT2D eigenvalue weighted by atomic mass is 35.5. The first-order chi connectivity index (χ1) is 13.8. The molecule has 150 valence electrons. The lowest BCUT2D eigenvalue weighted by atomic mass is 9.86. The van der Waals surface area contributed by atoms with Crippen LogP contribution in [-0.2, 0) is 12.1 Å². The van der Waals surface area contributed by atoms with Crippen molar-refractivity contribution in [1.82, 2.24) is 28.9 Å². The molecule has 0 aliphatic carbocycles. The predicted molar refractivity (Wildman–Crippen MR) is 99.4 cm³/mol. The van der Waals surface area contributed by atoms with E-state index >= 15 is 0 Å². The van der Waals surface area contributed by atoms with Crippen LogP contribution in [0.5, 0.6) is 0 Å². The van der Waals surface area contributed by atoms with Gasteiger partial charge in [-0.2, -0.15) is 10.2 Å². The lowest BCUT2D eigenvalue weighted by molar-refractivity contribution is -0.0390. The van der Waals surface area contributed by atoms with E-state index in [1.807, 2.05) is 0 Å². The SMILES string of the molecule is C[C@@H](n1ncc2cc(Cl)cn2c1=O)[C@](O)(Cn1cncn1)c1ccc(F)cc1F. The number of rotatable bonds is 5. The van der Waals surface area contributed by atoms with Crippen LogP contribution >= 0.6 is 11.6 Å². The normalized spacial score (nSPS) is 14.8. The second-order valence-corrected chi connectivity index (χ2v) is 7.08. The Morgan fingerprint density at radius 1 is 1.28 bits per heavy atom. The summed E-state index contributed by atoms with van der Waals surface area (Å²) in [6.07, 6.45) is 5.41. The minimum atomic E-state index is -2.01. The van der Waals surface area contributed by atoms with E-state index in [-0.39, 0.29) is 12.1 Å². The molecule has 1 N–H and O–H groups in total. The number of fused-ring (bicyclic) bond motifs is 1. The summed E-state index contributed by atoms with van der Waals surface area (Å²) < 4.78 is 31.6. The summed E-state index contributed by atoms with van der Waals surface area (Å²) in [6.45, 7) is 1.25. The molecular weight excluding hydrogens is 406 g/mol. The van der Waals surface area contributed by atoms with Crippen LogP contribution < -0.4 is 5.69 Å². The first kappa shape index (κ1) is 19.2. The van der Waals surface area contributed by atoms with E-state index in [1.54, 1.807) is 6.07 Å². The van der Waals surface area contributed by atoms with Gasteiger partial charge < -0.3 is 5.11 Å². The maximum Gasteiger partial charge on any atom is 0.349 e. The maximum atomic E-state index is 14.6. The minimum absolute atomic E-state index is 0.207. The monoisotopic (exact) mass is 420 g/mol. The van der Waals surface area contributed by atoms with Crippen molar-refractivity contribution in [1.29, 1.82) is 0 Å². The Kier molecular flexibility index (Phi) is 4.67. The zero-order chi connectivity index (χ0) is 20.8. The smallest absolute Gasteiger partial charge is 0.349 e. The van der Waals surface area contributed by atoms with Crippen LogP contribution in [0.15, 0.2) is 54.1 Å². The molecule has 4 aromatic rings. The molecule has 4 rings (SSSR count). The summed E-state index contributed by atoms with van der Waals surface area (Å²) in [5, 5.41) is 20.0. The standard InChI is InChI=1S/C18H15ClF2N6O2/c1-11(27-17(28)26-7-12(19)4-14(26)6-23-27)18(29,8-25-10-22-9-24-25)15-3-2-13(20)5-16(15)21/h2-7,9-11,29H,8H2,1H3/t11-,18-/m1/s1. The van der Waals surface area contributed by atoms with Crippen molar-refractivity contribution >= 4 is 17.1 Å². The highest BCUT2D eigenvalue weighted by molar-refractivity contribution is 6.31. The molecule has 3 heterocycles. The van der Waals surface area contributed by atoms with Gasteiger partial charge in [0.15, 0.2) is 0 Å². The van der Waals surface area contributed by atoms with Gasteiger partial charge in [0.1, 0.15) is 29.9 Å². The molecule has 0 aliphatic rings. The first-order valence-electron chi connectivity index (χ1n) is 8.55. The molecule has 2 atom stereocenters. The van der Waals surface area contributed by atoms with Gasteiger partial charge in [-0.05, 0) is 19.1 Å². The average Bonchev–Trinajstić information content (AvgIpc) is 3.30. The molecule has 0 saturated carbocycles. The van der Waals surface area contributed by atoms with Gasteiger partial charge in [-0.25, -0.2) is 27.9 Å².